The van der Waals surface area contributed by atoms with E-state index in [4.69, 9.17) is 9.72 Å². The normalized spacial score (nSPS) is 11.0. The summed E-state index contributed by atoms with van der Waals surface area (Å²) < 4.78 is 12.9. The summed E-state index contributed by atoms with van der Waals surface area (Å²) >= 11 is 1.67. The van der Waals surface area contributed by atoms with Crippen LogP contribution in [0.4, 0.5) is 0 Å². The van der Waals surface area contributed by atoms with Crippen LogP contribution in [0.1, 0.15) is 31.2 Å². The lowest BCUT2D eigenvalue weighted by Crippen LogP contribution is -2.01. The minimum Gasteiger partial charge on any atom is -0.494 e. The summed E-state index contributed by atoms with van der Waals surface area (Å²) in [7, 11) is 1.42. The summed E-state index contributed by atoms with van der Waals surface area (Å²) in [6.07, 6.45) is 3.11. The molecule has 2 heterocycles. The zero-order chi connectivity index (χ0) is 21.6. The van der Waals surface area contributed by atoms with Crippen LogP contribution in [0.5, 0.6) is 5.75 Å². The summed E-state index contributed by atoms with van der Waals surface area (Å²) in [6, 6.07) is 16.6. The van der Waals surface area contributed by atoms with Crippen LogP contribution in [0, 0.1) is 6.92 Å². The van der Waals surface area contributed by atoms with E-state index >= 15 is 0 Å². The number of hydrogen-bond donors (Lipinski definition) is 0. The zero-order valence-electron chi connectivity index (χ0n) is 17.8. The molecule has 0 aliphatic rings. The standard InChI is InChI=1S/C25H26N2O3S/c1-18-7-9-20(10-8-18)27-23-16-21(30-14-5-3-4-6-24(28)29-2)11-12-22(23)26-25(27)19-13-15-31-17-19/h7-13,15-17H,3-6,14H2,1-2H3. The topological polar surface area (TPSA) is 53.4 Å². The van der Waals surface area contributed by atoms with E-state index < -0.39 is 0 Å². The van der Waals surface area contributed by atoms with E-state index in [0.717, 1.165) is 53.1 Å². The number of nitrogens with zero attached hydrogens (tertiary/aromatic N) is 2. The molecule has 0 saturated heterocycles. The molecule has 0 radical (unpaired) electrons. The number of methoxy groups -OCH3 is 1. The first-order valence-electron chi connectivity index (χ1n) is 10.5. The molecule has 4 rings (SSSR count). The number of aromatic nitrogens is 2. The molecule has 0 aliphatic heterocycles. The summed E-state index contributed by atoms with van der Waals surface area (Å²) in [5.41, 5.74) is 5.37. The van der Waals surface area contributed by atoms with Gasteiger partial charge in [-0.05, 0) is 61.9 Å². The number of esters is 1. The maximum absolute atomic E-state index is 11.2. The molecule has 0 atom stereocenters. The second-order valence-corrected chi connectivity index (χ2v) is 8.28. The van der Waals surface area contributed by atoms with Crippen molar-refractivity contribution in [1.82, 2.24) is 9.55 Å². The number of fused-ring (bicyclic) bond motifs is 1. The van der Waals surface area contributed by atoms with Crippen molar-refractivity contribution in [3.05, 3.63) is 64.9 Å². The fourth-order valence-corrected chi connectivity index (χ4v) is 4.16. The van der Waals surface area contributed by atoms with Crippen molar-refractivity contribution in [2.45, 2.75) is 32.6 Å². The quantitative estimate of drug-likeness (QED) is 0.233. The molecule has 0 bridgehead atoms. The number of hydrogen-bond acceptors (Lipinski definition) is 5. The van der Waals surface area contributed by atoms with Gasteiger partial charge in [-0.25, -0.2) is 4.98 Å². The van der Waals surface area contributed by atoms with Crippen molar-refractivity contribution in [2.24, 2.45) is 0 Å². The minimum atomic E-state index is -0.155. The Hall–Kier alpha value is -3.12. The second kappa shape index (κ2) is 9.79. The number of carbonyl (C=O) groups is 1. The number of unbranched alkanes of at least 4 members (excludes halogenated alkanes) is 2. The van der Waals surface area contributed by atoms with Crippen LogP contribution in [-0.4, -0.2) is 29.2 Å². The molecule has 5 nitrogen and oxygen atoms in total. The van der Waals surface area contributed by atoms with Crippen LogP contribution in [-0.2, 0) is 9.53 Å². The molecule has 0 N–H and O–H groups in total. The van der Waals surface area contributed by atoms with E-state index in [1.807, 2.05) is 12.1 Å². The number of ether oxygens (including phenoxy) is 2. The van der Waals surface area contributed by atoms with Gasteiger partial charge in [0.15, 0.2) is 0 Å². The largest absolute Gasteiger partial charge is 0.494 e. The molecule has 160 valence electrons. The molecule has 31 heavy (non-hydrogen) atoms. The second-order valence-electron chi connectivity index (χ2n) is 7.50. The molecular weight excluding hydrogens is 408 g/mol. The van der Waals surface area contributed by atoms with Crippen molar-refractivity contribution in [3.63, 3.8) is 0 Å². The van der Waals surface area contributed by atoms with E-state index in [1.54, 1.807) is 11.3 Å². The Morgan fingerprint density at radius 1 is 1.06 bits per heavy atom. The third-order valence-electron chi connectivity index (χ3n) is 5.22. The highest BCUT2D eigenvalue weighted by Gasteiger charge is 2.15. The van der Waals surface area contributed by atoms with Gasteiger partial charge in [-0.1, -0.05) is 17.7 Å². The fourth-order valence-electron chi connectivity index (χ4n) is 3.53. The van der Waals surface area contributed by atoms with E-state index in [2.05, 4.69) is 63.4 Å². The van der Waals surface area contributed by atoms with Crippen LogP contribution < -0.4 is 4.74 Å². The SMILES string of the molecule is COC(=O)CCCCCOc1ccc2nc(-c3ccsc3)n(-c3ccc(C)cc3)c2c1. The van der Waals surface area contributed by atoms with E-state index in [-0.39, 0.29) is 5.97 Å². The third kappa shape index (κ3) is 4.97. The Morgan fingerprint density at radius 2 is 1.90 bits per heavy atom. The van der Waals surface area contributed by atoms with Gasteiger partial charge < -0.3 is 9.47 Å². The summed E-state index contributed by atoms with van der Waals surface area (Å²) in [5, 5.41) is 4.19. The Bertz CT molecular complexity index is 1150. The van der Waals surface area contributed by atoms with Gasteiger partial charge in [-0.3, -0.25) is 9.36 Å². The van der Waals surface area contributed by atoms with Gasteiger partial charge in [0, 0.05) is 29.1 Å². The summed E-state index contributed by atoms with van der Waals surface area (Å²) in [6.45, 7) is 2.70. The zero-order valence-corrected chi connectivity index (χ0v) is 18.7. The smallest absolute Gasteiger partial charge is 0.305 e. The maximum Gasteiger partial charge on any atom is 0.305 e. The van der Waals surface area contributed by atoms with Gasteiger partial charge in [0.05, 0.1) is 24.8 Å². The van der Waals surface area contributed by atoms with Gasteiger partial charge in [-0.15, -0.1) is 0 Å². The van der Waals surface area contributed by atoms with Crippen LogP contribution in [0.25, 0.3) is 28.1 Å². The van der Waals surface area contributed by atoms with Crippen molar-refractivity contribution >= 4 is 28.3 Å². The number of imidazole rings is 1. The minimum absolute atomic E-state index is 0.155. The Morgan fingerprint density at radius 3 is 2.65 bits per heavy atom. The van der Waals surface area contributed by atoms with Gasteiger partial charge in [0.25, 0.3) is 0 Å². The lowest BCUT2D eigenvalue weighted by atomic mass is 10.2. The molecule has 0 aliphatic carbocycles. The van der Waals surface area contributed by atoms with Gasteiger partial charge in [-0.2, -0.15) is 11.3 Å². The Kier molecular flexibility index (Phi) is 6.67. The number of thiophene rings is 1. The summed E-state index contributed by atoms with van der Waals surface area (Å²) in [4.78, 5) is 16.1. The first-order chi connectivity index (χ1) is 15.2. The Balaban J connectivity index is 1.56. The predicted molar refractivity (Wildman–Crippen MR) is 125 cm³/mol. The van der Waals surface area contributed by atoms with Crippen molar-refractivity contribution < 1.29 is 14.3 Å². The van der Waals surface area contributed by atoms with Gasteiger partial charge in [0.1, 0.15) is 11.6 Å². The third-order valence-corrected chi connectivity index (χ3v) is 5.90. The van der Waals surface area contributed by atoms with Crippen LogP contribution in [0.2, 0.25) is 0 Å². The fraction of sp³-hybridized carbons (Fsp3) is 0.280. The maximum atomic E-state index is 11.2. The molecule has 0 fully saturated rings. The van der Waals surface area contributed by atoms with Crippen LogP contribution >= 0.6 is 11.3 Å². The first kappa shape index (κ1) is 21.1. The number of aryl methyl sites for hydroxylation is 1. The van der Waals surface area contributed by atoms with Crippen molar-refractivity contribution in [1.29, 1.82) is 0 Å². The molecule has 0 amide bonds. The molecule has 2 aromatic heterocycles. The molecule has 6 heteroatoms. The highest BCUT2D eigenvalue weighted by atomic mass is 32.1. The van der Waals surface area contributed by atoms with E-state index in [1.165, 1.54) is 12.7 Å². The monoisotopic (exact) mass is 434 g/mol. The Labute approximate surface area is 186 Å². The summed E-state index contributed by atoms with van der Waals surface area (Å²) in [5.74, 6) is 1.60. The molecule has 4 aromatic rings. The van der Waals surface area contributed by atoms with Crippen LogP contribution in [0.15, 0.2) is 59.3 Å². The first-order valence-corrected chi connectivity index (χ1v) is 11.4. The molecular formula is C25H26N2O3S. The van der Waals surface area contributed by atoms with Crippen LogP contribution in [0.3, 0.4) is 0 Å². The molecule has 0 unspecified atom stereocenters. The predicted octanol–water partition coefficient (Wildman–Crippen LogP) is 6.17. The van der Waals surface area contributed by atoms with E-state index in [9.17, 15) is 4.79 Å². The number of carbonyl (C=O) groups excluding carboxylic acids is 1. The lowest BCUT2D eigenvalue weighted by Gasteiger charge is -2.10. The molecule has 0 saturated carbocycles. The van der Waals surface area contributed by atoms with Gasteiger partial charge in [0.2, 0.25) is 0 Å². The number of benzene rings is 2. The highest BCUT2D eigenvalue weighted by molar-refractivity contribution is 7.08. The lowest BCUT2D eigenvalue weighted by molar-refractivity contribution is -0.140. The van der Waals surface area contributed by atoms with Gasteiger partial charge >= 0.3 is 5.97 Å². The molecule has 2 aromatic carbocycles. The number of rotatable bonds is 9. The van der Waals surface area contributed by atoms with Crippen molar-refractivity contribution in [3.8, 4) is 22.8 Å². The highest BCUT2D eigenvalue weighted by Crippen LogP contribution is 2.32. The van der Waals surface area contributed by atoms with Crippen molar-refractivity contribution in [2.75, 3.05) is 13.7 Å². The van der Waals surface area contributed by atoms with E-state index in [0.29, 0.717) is 13.0 Å². The molecule has 0 spiro atoms. The average Bonchev–Trinajstić information content (AvgIpc) is 3.44. The average molecular weight is 435 g/mol.